The van der Waals surface area contributed by atoms with Crippen molar-refractivity contribution in [2.75, 3.05) is 12.4 Å². The van der Waals surface area contributed by atoms with E-state index in [0.29, 0.717) is 6.04 Å². The lowest BCUT2D eigenvalue weighted by molar-refractivity contribution is 0.414. The van der Waals surface area contributed by atoms with Crippen molar-refractivity contribution in [1.82, 2.24) is 9.55 Å². The van der Waals surface area contributed by atoms with E-state index < -0.39 is 0 Å². The summed E-state index contributed by atoms with van der Waals surface area (Å²) in [7, 11) is 1.68. The Hall–Kier alpha value is -1.49. The Labute approximate surface area is 133 Å². The van der Waals surface area contributed by atoms with E-state index >= 15 is 0 Å². The van der Waals surface area contributed by atoms with E-state index in [9.17, 15) is 0 Å². The fourth-order valence-electron chi connectivity index (χ4n) is 2.85. The topological polar surface area (TPSA) is 39.1 Å². The molecule has 21 heavy (non-hydrogen) atoms. The van der Waals surface area contributed by atoms with E-state index in [4.69, 9.17) is 4.74 Å². The number of ether oxygens (including phenoxy) is 1. The van der Waals surface area contributed by atoms with Crippen LogP contribution in [0.5, 0.6) is 5.75 Å². The highest BCUT2D eigenvalue weighted by Gasteiger charge is 2.18. The third kappa shape index (κ3) is 3.23. The van der Waals surface area contributed by atoms with Gasteiger partial charge in [-0.15, -0.1) is 0 Å². The fourth-order valence-corrected chi connectivity index (χ4v) is 3.31. The summed E-state index contributed by atoms with van der Waals surface area (Å²) in [6.07, 6.45) is 7.13. The summed E-state index contributed by atoms with van der Waals surface area (Å²) in [6.45, 7) is 2.02. The molecular formula is C16H20BrN3O. The summed E-state index contributed by atoms with van der Waals surface area (Å²) in [5.41, 5.74) is 2.05. The second kappa shape index (κ2) is 6.10. The molecule has 1 aromatic carbocycles. The van der Waals surface area contributed by atoms with Gasteiger partial charge in [-0.25, -0.2) is 4.98 Å². The molecule has 5 heteroatoms. The largest absolute Gasteiger partial charge is 0.497 e. The molecule has 1 aromatic heterocycles. The van der Waals surface area contributed by atoms with Gasteiger partial charge in [0.2, 0.25) is 5.95 Å². The Balaban J connectivity index is 1.95. The van der Waals surface area contributed by atoms with Gasteiger partial charge in [0.1, 0.15) is 5.75 Å². The Morgan fingerprint density at radius 3 is 2.76 bits per heavy atom. The standard InChI is InChI=1S/C16H20BrN3O/c1-11-10-20(14-7-12(17)8-15(9-14)21-2)16(18-11)19-13-5-3-4-6-13/h7-10,13H,3-6H2,1-2H3,(H,18,19). The number of hydrogen-bond donors (Lipinski definition) is 1. The Morgan fingerprint density at radius 1 is 1.29 bits per heavy atom. The Kier molecular flexibility index (Phi) is 4.19. The highest BCUT2D eigenvalue weighted by molar-refractivity contribution is 9.10. The minimum absolute atomic E-state index is 0.541. The molecular weight excluding hydrogens is 330 g/mol. The van der Waals surface area contributed by atoms with E-state index in [-0.39, 0.29) is 0 Å². The highest BCUT2D eigenvalue weighted by atomic mass is 79.9. The first-order valence-electron chi connectivity index (χ1n) is 7.33. The molecule has 112 valence electrons. The molecule has 0 spiro atoms. The Morgan fingerprint density at radius 2 is 2.05 bits per heavy atom. The molecule has 1 aliphatic rings. The third-order valence-electron chi connectivity index (χ3n) is 3.88. The zero-order valence-electron chi connectivity index (χ0n) is 12.4. The van der Waals surface area contributed by atoms with E-state index in [2.05, 4.69) is 43.1 Å². The van der Waals surface area contributed by atoms with Gasteiger partial charge in [-0.2, -0.15) is 0 Å². The predicted molar refractivity (Wildman–Crippen MR) is 88.4 cm³/mol. The molecule has 3 rings (SSSR count). The molecule has 1 fully saturated rings. The highest BCUT2D eigenvalue weighted by Crippen LogP contribution is 2.28. The number of aromatic nitrogens is 2. The zero-order valence-corrected chi connectivity index (χ0v) is 14.0. The summed E-state index contributed by atoms with van der Waals surface area (Å²) >= 11 is 3.54. The van der Waals surface area contributed by atoms with Crippen LogP contribution in [0.2, 0.25) is 0 Å². The van der Waals surface area contributed by atoms with Crippen molar-refractivity contribution in [3.8, 4) is 11.4 Å². The van der Waals surface area contributed by atoms with Crippen LogP contribution in [0.3, 0.4) is 0 Å². The molecule has 0 aliphatic heterocycles. The molecule has 2 aromatic rings. The van der Waals surface area contributed by atoms with Crippen LogP contribution in [0.1, 0.15) is 31.4 Å². The number of methoxy groups -OCH3 is 1. The molecule has 0 radical (unpaired) electrons. The average molecular weight is 350 g/mol. The maximum Gasteiger partial charge on any atom is 0.207 e. The van der Waals surface area contributed by atoms with Crippen LogP contribution in [0.15, 0.2) is 28.9 Å². The van der Waals surface area contributed by atoms with Gasteiger partial charge in [-0.1, -0.05) is 28.8 Å². The Bertz CT molecular complexity index is 632. The molecule has 0 atom stereocenters. The number of nitrogens with zero attached hydrogens (tertiary/aromatic N) is 2. The quantitative estimate of drug-likeness (QED) is 0.893. The van der Waals surface area contributed by atoms with Crippen molar-refractivity contribution in [3.05, 3.63) is 34.6 Å². The number of anilines is 1. The average Bonchev–Trinajstić information content (AvgIpc) is 3.08. The monoisotopic (exact) mass is 349 g/mol. The van der Waals surface area contributed by atoms with Crippen LogP contribution >= 0.6 is 15.9 Å². The maximum atomic E-state index is 5.35. The third-order valence-corrected chi connectivity index (χ3v) is 4.34. The van der Waals surface area contributed by atoms with Crippen molar-refractivity contribution in [2.45, 2.75) is 38.6 Å². The zero-order chi connectivity index (χ0) is 14.8. The van der Waals surface area contributed by atoms with Gasteiger partial charge < -0.3 is 10.1 Å². The van der Waals surface area contributed by atoms with Gasteiger partial charge in [0, 0.05) is 22.8 Å². The first-order valence-corrected chi connectivity index (χ1v) is 8.12. The number of benzene rings is 1. The van der Waals surface area contributed by atoms with Crippen LogP contribution in [0.4, 0.5) is 5.95 Å². The first kappa shape index (κ1) is 14.4. The minimum Gasteiger partial charge on any atom is -0.497 e. The van der Waals surface area contributed by atoms with E-state index in [0.717, 1.165) is 27.6 Å². The molecule has 0 saturated heterocycles. The number of imidazole rings is 1. The number of nitrogens with one attached hydrogen (secondary N) is 1. The second-order valence-electron chi connectivity index (χ2n) is 5.55. The first-order chi connectivity index (χ1) is 10.2. The summed E-state index contributed by atoms with van der Waals surface area (Å²) in [4.78, 5) is 4.63. The summed E-state index contributed by atoms with van der Waals surface area (Å²) in [5.74, 6) is 1.75. The van der Waals surface area contributed by atoms with Gasteiger partial charge in [-0.05, 0) is 31.9 Å². The number of rotatable bonds is 4. The summed E-state index contributed by atoms with van der Waals surface area (Å²) < 4.78 is 8.45. The van der Waals surface area contributed by atoms with Crippen molar-refractivity contribution in [3.63, 3.8) is 0 Å². The van der Waals surface area contributed by atoms with Crippen molar-refractivity contribution < 1.29 is 4.74 Å². The SMILES string of the molecule is COc1cc(Br)cc(-n2cc(C)nc2NC2CCCC2)c1. The molecule has 1 saturated carbocycles. The molecule has 1 N–H and O–H groups in total. The van der Waals surface area contributed by atoms with Crippen LogP contribution < -0.4 is 10.1 Å². The van der Waals surface area contributed by atoms with Crippen LogP contribution in [-0.4, -0.2) is 22.7 Å². The van der Waals surface area contributed by atoms with Gasteiger partial charge in [0.25, 0.3) is 0 Å². The van der Waals surface area contributed by atoms with Gasteiger partial charge in [0.05, 0.1) is 18.5 Å². The normalized spacial score (nSPS) is 15.4. The van der Waals surface area contributed by atoms with Crippen molar-refractivity contribution >= 4 is 21.9 Å². The number of halogens is 1. The smallest absolute Gasteiger partial charge is 0.207 e. The van der Waals surface area contributed by atoms with Crippen LogP contribution in [0.25, 0.3) is 5.69 Å². The fraction of sp³-hybridized carbons (Fsp3) is 0.438. The molecule has 0 bridgehead atoms. The number of aryl methyl sites for hydroxylation is 1. The maximum absolute atomic E-state index is 5.35. The molecule has 0 unspecified atom stereocenters. The molecule has 1 heterocycles. The van der Waals surface area contributed by atoms with E-state index in [1.165, 1.54) is 25.7 Å². The van der Waals surface area contributed by atoms with Crippen LogP contribution in [0, 0.1) is 6.92 Å². The minimum atomic E-state index is 0.541. The van der Waals surface area contributed by atoms with Crippen LogP contribution in [-0.2, 0) is 0 Å². The van der Waals surface area contributed by atoms with Gasteiger partial charge in [-0.3, -0.25) is 4.57 Å². The molecule has 4 nitrogen and oxygen atoms in total. The lowest BCUT2D eigenvalue weighted by Crippen LogP contribution is -2.17. The lowest BCUT2D eigenvalue weighted by atomic mass is 10.2. The van der Waals surface area contributed by atoms with E-state index in [1.54, 1.807) is 7.11 Å². The second-order valence-corrected chi connectivity index (χ2v) is 6.47. The van der Waals surface area contributed by atoms with Crippen molar-refractivity contribution in [2.24, 2.45) is 0 Å². The van der Waals surface area contributed by atoms with Gasteiger partial charge in [0.15, 0.2) is 0 Å². The van der Waals surface area contributed by atoms with E-state index in [1.807, 2.05) is 19.1 Å². The molecule has 0 amide bonds. The van der Waals surface area contributed by atoms with Gasteiger partial charge >= 0.3 is 0 Å². The summed E-state index contributed by atoms with van der Waals surface area (Å²) in [5, 5.41) is 3.58. The predicted octanol–water partition coefficient (Wildman–Crippen LogP) is 4.31. The summed E-state index contributed by atoms with van der Waals surface area (Å²) in [6, 6.07) is 6.59. The van der Waals surface area contributed by atoms with Crippen molar-refractivity contribution in [1.29, 1.82) is 0 Å². The molecule has 1 aliphatic carbocycles. The number of hydrogen-bond acceptors (Lipinski definition) is 3. The lowest BCUT2D eigenvalue weighted by Gasteiger charge is -2.15.